The number of unbranched alkanes of at least 4 members (excludes halogenated alkanes) is 3. The van der Waals surface area contributed by atoms with Crippen molar-refractivity contribution in [1.29, 1.82) is 0 Å². The molecule has 0 aliphatic carbocycles. The topological polar surface area (TPSA) is 34.0 Å². The van der Waals surface area contributed by atoms with Crippen LogP contribution in [0.2, 0.25) is 0 Å². The average molecular weight is 483 g/mol. The molecular weight excluding hydrogens is 447 g/mol. The van der Waals surface area contributed by atoms with E-state index in [0.717, 1.165) is 59.6 Å². The second-order valence-electron chi connectivity index (χ2n) is 9.54. The second kappa shape index (κ2) is 11.9. The van der Waals surface area contributed by atoms with Gasteiger partial charge in [0.1, 0.15) is 5.82 Å². The molecule has 0 aliphatic heterocycles. The van der Waals surface area contributed by atoms with Gasteiger partial charge in [0.15, 0.2) is 0 Å². The van der Waals surface area contributed by atoms with Gasteiger partial charge in [-0.2, -0.15) is 0 Å². The molecule has 0 saturated heterocycles. The predicted molar refractivity (Wildman–Crippen MR) is 148 cm³/mol. The van der Waals surface area contributed by atoms with Crippen LogP contribution >= 0.6 is 0 Å². The van der Waals surface area contributed by atoms with Gasteiger partial charge in [0.25, 0.3) is 5.91 Å². The fourth-order valence-corrected chi connectivity index (χ4v) is 4.90. The Bertz CT molecular complexity index is 1280. The summed E-state index contributed by atoms with van der Waals surface area (Å²) in [6.07, 6.45) is 4.48. The lowest BCUT2D eigenvalue weighted by atomic mass is 9.94. The summed E-state index contributed by atoms with van der Waals surface area (Å²) in [6.45, 7) is 7.29. The van der Waals surface area contributed by atoms with E-state index in [1.165, 1.54) is 18.6 Å². The Morgan fingerprint density at radius 3 is 2.08 bits per heavy atom. The molecule has 0 radical (unpaired) electrons. The number of nitrogens with one attached hydrogen (secondary N) is 1. The van der Waals surface area contributed by atoms with Crippen molar-refractivity contribution in [2.45, 2.75) is 58.9 Å². The largest absolute Gasteiger partial charge is 0.343 e. The van der Waals surface area contributed by atoms with Crippen LogP contribution in [0, 0.1) is 5.82 Å². The van der Waals surface area contributed by atoms with Gasteiger partial charge < -0.3 is 9.88 Å². The molecule has 0 fully saturated rings. The first-order valence-electron chi connectivity index (χ1n) is 12.9. The van der Waals surface area contributed by atoms with Gasteiger partial charge in [-0.25, -0.2) is 4.39 Å². The van der Waals surface area contributed by atoms with Crippen molar-refractivity contribution >= 4 is 11.6 Å². The van der Waals surface area contributed by atoms with Gasteiger partial charge in [-0.05, 0) is 59.9 Å². The number of anilines is 1. The maximum Gasteiger partial charge on any atom is 0.258 e. The maximum atomic E-state index is 14.0. The monoisotopic (exact) mass is 482 g/mol. The van der Waals surface area contributed by atoms with Crippen molar-refractivity contribution in [2.75, 3.05) is 5.32 Å². The first-order valence-corrected chi connectivity index (χ1v) is 12.9. The highest BCUT2D eigenvalue weighted by Crippen LogP contribution is 2.42. The van der Waals surface area contributed by atoms with Gasteiger partial charge in [-0.1, -0.05) is 88.6 Å². The van der Waals surface area contributed by atoms with Crippen LogP contribution in [0.4, 0.5) is 10.1 Å². The molecule has 0 bridgehead atoms. The van der Waals surface area contributed by atoms with Crippen molar-refractivity contribution in [3.8, 4) is 22.4 Å². The fourth-order valence-electron chi connectivity index (χ4n) is 4.90. The van der Waals surface area contributed by atoms with E-state index >= 15 is 0 Å². The number of amides is 1. The molecule has 186 valence electrons. The Morgan fingerprint density at radius 1 is 0.833 bits per heavy atom. The fraction of sp³-hybridized carbons (Fsp3) is 0.281. The molecule has 0 aliphatic rings. The van der Waals surface area contributed by atoms with Crippen LogP contribution < -0.4 is 5.32 Å². The molecule has 4 heteroatoms. The zero-order valence-electron chi connectivity index (χ0n) is 21.4. The molecule has 0 saturated carbocycles. The molecule has 0 atom stereocenters. The van der Waals surface area contributed by atoms with E-state index in [4.69, 9.17) is 0 Å². The van der Waals surface area contributed by atoms with E-state index in [2.05, 4.69) is 30.7 Å². The highest BCUT2D eigenvalue weighted by atomic mass is 19.1. The first kappa shape index (κ1) is 25.4. The number of para-hydroxylation sites is 1. The summed E-state index contributed by atoms with van der Waals surface area (Å²) in [6, 6.07) is 26.3. The van der Waals surface area contributed by atoms with E-state index < -0.39 is 0 Å². The average Bonchev–Trinajstić information content (AvgIpc) is 3.24. The van der Waals surface area contributed by atoms with Crippen LogP contribution in [0.15, 0.2) is 84.9 Å². The summed E-state index contributed by atoms with van der Waals surface area (Å²) in [7, 11) is 0. The normalized spacial score (nSPS) is 11.1. The Hall–Kier alpha value is -3.66. The number of carbonyl (C=O) groups excluding carboxylic acids is 1. The lowest BCUT2D eigenvalue weighted by molar-refractivity contribution is 0.102. The van der Waals surface area contributed by atoms with Gasteiger partial charge in [0, 0.05) is 23.5 Å². The summed E-state index contributed by atoms with van der Waals surface area (Å²) in [5, 5.41) is 3.13. The lowest BCUT2D eigenvalue weighted by Gasteiger charge is -2.17. The highest BCUT2D eigenvalue weighted by Gasteiger charge is 2.30. The zero-order chi connectivity index (χ0) is 25.5. The van der Waals surface area contributed by atoms with E-state index in [1.807, 2.05) is 72.8 Å². The zero-order valence-corrected chi connectivity index (χ0v) is 21.4. The molecular formula is C32H35FN2O. The Morgan fingerprint density at radius 2 is 1.47 bits per heavy atom. The standard InChI is InChI=1S/C32H35FN2O/c1-4-5-6-13-22-35-30(23(2)3)29(32(36)34-27-16-11-8-12-17-27)28(24-14-9-7-10-15-24)31(35)25-18-20-26(33)21-19-25/h7-12,14-21,23H,4-6,13,22H2,1-3H3,(H,34,36). The van der Waals surface area contributed by atoms with E-state index in [9.17, 15) is 9.18 Å². The minimum absolute atomic E-state index is 0.115. The summed E-state index contributed by atoms with van der Waals surface area (Å²) >= 11 is 0. The third kappa shape index (κ3) is 5.59. The Labute approximate surface area is 214 Å². The van der Waals surface area contributed by atoms with Gasteiger partial charge in [-0.15, -0.1) is 0 Å². The highest BCUT2D eigenvalue weighted by molar-refractivity contribution is 6.12. The number of halogens is 1. The molecule has 0 unspecified atom stereocenters. The number of benzene rings is 3. The second-order valence-corrected chi connectivity index (χ2v) is 9.54. The first-order chi connectivity index (χ1) is 17.5. The minimum atomic E-state index is -0.271. The van der Waals surface area contributed by atoms with Crippen LogP contribution in [-0.4, -0.2) is 10.5 Å². The van der Waals surface area contributed by atoms with Crippen molar-refractivity contribution in [1.82, 2.24) is 4.57 Å². The van der Waals surface area contributed by atoms with Crippen LogP contribution in [0.25, 0.3) is 22.4 Å². The molecule has 1 aromatic heterocycles. The molecule has 4 aromatic rings. The number of carbonyl (C=O) groups is 1. The molecule has 3 nitrogen and oxygen atoms in total. The van der Waals surface area contributed by atoms with Crippen molar-refractivity contribution in [3.63, 3.8) is 0 Å². The Balaban J connectivity index is 1.98. The third-order valence-corrected chi connectivity index (χ3v) is 6.52. The SMILES string of the molecule is CCCCCCn1c(-c2ccc(F)cc2)c(-c2ccccc2)c(C(=O)Nc2ccccc2)c1C(C)C. The van der Waals surface area contributed by atoms with E-state index in [0.29, 0.717) is 5.56 Å². The number of nitrogens with zero attached hydrogens (tertiary/aromatic N) is 1. The molecule has 3 aromatic carbocycles. The maximum absolute atomic E-state index is 14.0. The molecule has 1 amide bonds. The van der Waals surface area contributed by atoms with Gasteiger partial charge in [0.05, 0.1) is 11.3 Å². The number of rotatable bonds is 10. The van der Waals surface area contributed by atoms with E-state index in [1.54, 1.807) is 0 Å². The summed E-state index contributed by atoms with van der Waals surface area (Å²) in [5.74, 6) is -0.282. The number of hydrogen-bond donors (Lipinski definition) is 1. The van der Waals surface area contributed by atoms with Gasteiger partial charge >= 0.3 is 0 Å². The predicted octanol–water partition coefficient (Wildman–Crippen LogP) is 8.92. The smallest absolute Gasteiger partial charge is 0.258 e. The van der Waals surface area contributed by atoms with Crippen LogP contribution in [0.1, 0.15) is 68.4 Å². The van der Waals surface area contributed by atoms with Gasteiger partial charge in [0.2, 0.25) is 0 Å². The summed E-state index contributed by atoms with van der Waals surface area (Å²) in [5.41, 5.74) is 6.22. The van der Waals surface area contributed by atoms with Crippen molar-refractivity contribution < 1.29 is 9.18 Å². The van der Waals surface area contributed by atoms with Crippen LogP contribution in [0.3, 0.4) is 0 Å². The molecule has 36 heavy (non-hydrogen) atoms. The number of aromatic nitrogens is 1. The van der Waals surface area contributed by atoms with Crippen LogP contribution in [0.5, 0.6) is 0 Å². The quantitative estimate of drug-likeness (QED) is 0.225. The molecule has 1 N–H and O–H groups in total. The van der Waals surface area contributed by atoms with Crippen LogP contribution in [-0.2, 0) is 6.54 Å². The van der Waals surface area contributed by atoms with Crippen molar-refractivity contribution in [3.05, 3.63) is 102 Å². The van der Waals surface area contributed by atoms with Crippen molar-refractivity contribution in [2.24, 2.45) is 0 Å². The number of hydrogen-bond acceptors (Lipinski definition) is 1. The lowest BCUT2D eigenvalue weighted by Crippen LogP contribution is -2.16. The minimum Gasteiger partial charge on any atom is -0.343 e. The summed E-state index contributed by atoms with van der Waals surface area (Å²) < 4.78 is 16.2. The summed E-state index contributed by atoms with van der Waals surface area (Å²) in [4.78, 5) is 14.0. The molecule has 0 spiro atoms. The van der Waals surface area contributed by atoms with Gasteiger partial charge in [-0.3, -0.25) is 4.79 Å². The Kier molecular flexibility index (Phi) is 8.37. The third-order valence-electron chi connectivity index (χ3n) is 6.52. The molecule has 4 rings (SSSR count). The van der Waals surface area contributed by atoms with E-state index in [-0.39, 0.29) is 17.6 Å². The molecule has 1 heterocycles.